The third kappa shape index (κ3) is 5.12. The Morgan fingerprint density at radius 1 is 1.46 bits per heavy atom. The first-order valence-electron chi connectivity index (χ1n) is 8.45. The smallest absolute Gasteiger partial charge is 0.308 e. The van der Waals surface area contributed by atoms with Gasteiger partial charge in [0.1, 0.15) is 11.4 Å². The largest absolute Gasteiger partial charge is 0.481 e. The summed E-state index contributed by atoms with van der Waals surface area (Å²) in [6.45, 7) is 4.80. The van der Waals surface area contributed by atoms with Gasteiger partial charge < -0.3 is 14.7 Å². The molecule has 2 heterocycles. The molecule has 142 valence electrons. The van der Waals surface area contributed by atoms with Gasteiger partial charge in [-0.2, -0.15) is 0 Å². The minimum atomic E-state index is -0.967. The van der Waals surface area contributed by atoms with Gasteiger partial charge in [0.2, 0.25) is 5.91 Å². The lowest BCUT2D eigenvalue weighted by molar-refractivity contribution is -0.143. The summed E-state index contributed by atoms with van der Waals surface area (Å²) < 4.78 is 6.54. The molecule has 0 radical (unpaired) electrons. The van der Waals surface area contributed by atoms with E-state index in [-0.39, 0.29) is 24.6 Å². The number of aliphatic carboxylic acids is 1. The van der Waals surface area contributed by atoms with E-state index >= 15 is 0 Å². The number of carboxylic acid groups (broad SMARTS) is 1. The fourth-order valence-electron chi connectivity index (χ4n) is 2.48. The summed E-state index contributed by atoms with van der Waals surface area (Å²) >= 11 is 1.36. The van der Waals surface area contributed by atoms with Crippen LogP contribution in [0.25, 0.3) is 10.2 Å². The van der Waals surface area contributed by atoms with E-state index in [1.807, 2.05) is 6.92 Å². The first-order valence-corrected chi connectivity index (χ1v) is 9.33. The molecule has 1 atom stereocenters. The highest BCUT2D eigenvalue weighted by atomic mass is 32.1. The monoisotopic (exact) mass is 381 g/mol. The number of ether oxygens (including phenoxy) is 1. The van der Waals surface area contributed by atoms with Crippen LogP contribution in [0.3, 0.4) is 0 Å². The summed E-state index contributed by atoms with van der Waals surface area (Å²) in [6, 6.07) is 1.68. The predicted octanol–water partition coefficient (Wildman–Crippen LogP) is 1.43. The zero-order chi connectivity index (χ0) is 19.1. The topological polar surface area (TPSA) is 102 Å². The minimum Gasteiger partial charge on any atom is -0.481 e. The molecule has 0 saturated carbocycles. The van der Waals surface area contributed by atoms with E-state index in [9.17, 15) is 14.4 Å². The van der Waals surface area contributed by atoms with Crippen LogP contribution in [-0.4, -0.2) is 57.7 Å². The number of carboxylic acids is 1. The molecule has 0 spiro atoms. The van der Waals surface area contributed by atoms with E-state index in [2.05, 4.69) is 4.98 Å². The van der Waals surface area contributed by atoms with Crippen LogP contribution in [0.15, 0.2) is 22.6 Å². The molecule has 2 rings (SSSR count). The lowest BCUT2D eigenvalue weighted by Gasteiger charge is -2.25. The van der Waals surface area contributed by atoms with Crippen molar-refractivity contribution in [1.29, 1.82) is 0 Å². The van der Waals surface area contributed by atoms with Crippen molar-refractivity contribution >= 4 is 33.4 Å². The van der Waals surface area contributed by atoms with Crippen molar-refractivity contribution in [2.24, 2.45) is 5.92 Å². The highest BCUT2D eigenvalue weighted by Crippen LogP contribution is 2.13. The molecular weight excluding hydrogens is 358 g/mol. The number of carbonyl (C=O) groups excluding carboxylic acids is 1. The molecule has 1 amide bonds. The first kappa shape index (κ1) is 20.1. The third-order valence-corrected chi connectivity index (χ3v) is 4.77. The Kier molecular flexibility index (Phi) is 7.28. The molecule has 2 aromatic rings. The summed E-state index contributed by atoms with van der Waals surface area (Å²) in [5.74, 6) is -1.97. The quantitative estimate of drug-likeness (QED) is 0.625. The molecule has 9 heteroatoms. The van der Waals surface area contributed by atoms with Crippen LogP contribution in [-0.2, 0) is 20.9 Å². The van der Waals surface area contributed by atoms with Gasteiger partial charge in [-0.05, 0) is 24.8 Å². The Morgan fingerprint density at radius 2 is 2.23 bits per heavy atom. The molecule has 2 aromatic heterocycles. The number of hydrogen-bond donors (Lipinski definition) is 1. The fourth-order valence-corrected chi connectivity index (χ4v) is 3.20. The summed E-state index contributed by atoms with van der Waals surface area (Å²) in [5, 5.41) is 11.4. The Morgan fingerprint density at radius 3 is 2.92 bits per heavy atom. The predicted molar refractivity (Wildman–Crippen MR) is 98.4 cm³/mol. The van der Waals surface area contributed by atoms with E-state index in [4.69, 9.17) is 9.84 Å². The van der Waals surface area contributed by atoms with Crippen molar-refractivity contribution in [2.75, 3.05) is 26.3 Å². The average molecular weight is 381 g/mol. The van der Waals surface area contributed by atoms with Gasteiger partial charge in [-0.25, -0.2) is 4.98 Å². The van der Waals surface area contributed by atoms with Gasteiger partial charge in [-0.3, -0.25) is 19.0 Å². The number of aromatic nitrogens is 2. The number of rotatable bonds is 10. The maximum atomic E-state index is 12.7. The van der Waals surface area contributed by atoms with Gasteiger partial charge in [0.25, 0.3) is 5.56 Å². The average Bonchev–Trinajstić information content (AvgIpc) is 3.09. The molecule has 26 heavy (non-hydrogen) atoms. The maximum Gasteiger partial charge on any atom is 0.308 e. The van der Waals surface area contributed by atoms with Crippen molar-refractivity contribution in [1.82, 2.24) is 14.5 Å². The zero-order valence-electron chi connectivity index (χ0n) is 14.9. The minimum absolute atomic E-state index is 0.0865. The molecule has 8 nitrogen and oxygen atoms in total. The molecule has 1 N–H and O–H groups in total. The van der Waals surface area contributed by atoms with Crippen LogP contribution in [0.1, 0.15) is 20.3 Å². The van der Waals surface area contributed by atoms with Gasteiger partial charge in [0, 0.05) is 26.3 Å². The van der Waals surface area contributed by atoms with Gasteiger partial charge in [0.15, 0.2) is 0 Å². The highest BCUT2D eigenvalue weighted by Gasteiger charge is 2.21. The lowest BCUT2D eigenvalue weighted by Crippen LogP contribution is -2.41. The Labute approximate surface area is 155 Å². The SMILES string of the molecule is CCOCCCN(CC(C)C(=O)O)C(=O)Cn1cnc2sccc2c1=O. The molecule has 1 unspecified atom stereocenters. The van der Waals surface area contributed by atoms with Gasteiger partial charge in [-0.1, -0.05) is 6.92 Å². The first-order chi connectivity index (χ1) is 12.4. The summed E-state index contributed by atoms with van der Waals surface area (Å²) in [7, 11) is 0. The van der Waals surface area contributed by atoms with Crippen LogP contribution in [0.4, 0.5) is 0 Å². The number of fused-ring (bicyclic) bond motifs is 1. The molecular formula is C17H23N3O5S. The van der Waals surface area contributed by atoms with E-state index in [1.54, 1.807) is 18.4 Å². The molecule has 0 saturated heterocycles. The Bertz CT molecular complexity index is 816. The van der Waals surface area contributed by atoms with E-state index < -0.39 is 11.9 Å². The van der Waals surface area contributed by atoms with Gasteiger partial charge in [-0.15, -0.1) is 11.3 Å². The molecule has 0 aliphatic carbocycles. The highest BCUT2D eigenvalue weighted by molar-refractivity contribution is 7.16. The number of thiophene rings is 1. The number of amides is 1. The second kappa shape index (κ2) is 9.44. The molecule has 0 aromatic carbocycles. The maximum absolute atomic E-state index is 12.7. The van der Waals surface area contributed by atoms with Crippen molar-refractivity contribution in [2.45, 2.75) is 26.8 Å². The van der Waals surface area contributed by atoms with Gasteiger partial charge in [0.05, 0.1) is 17.6 Å². The second-order valence-electron chi connectivity index (χ2n) is 5.95. The van der Waals surface area contributed by atoms with E-state index in [0.29, 0.717) is 36.4 Å². The summed E-state index contributed by atoms with van der Waals surface area (Å²) in [4.78, 5) is 42.5. The summed E-state index contributed by atoms with van der Waals surface area (Å²) in [5.41, 5.74) is -0.273. The van der Waals surface area contributed by atoms with Crippen LogP contribution < -0.4 is 5.56 Å². The number of nitrogens with zero attached hydrogens (tertiary/aromatic N) is 3. The van der Waals surface area contributed by atoms with Crippen molar-refractivity contribution in [3.05, 3.63) is 28.1 Å². The molecule has 0 bridgehead atoms. The zero-order valence-corrected chi connectivity index (χ0v) is 15.7. The Balaban J connectivity index is 2.11. The number of carbonyl (C=O) groups is 2. The van der Waals surface area contributed by atoms with Crippen molar-refractivity contribution in [3.63, 3.8) is 0 Å². The molecule has 0 aliphatic heterocycles. The number of hydrogen-bond acceptors (Lipinski definition) is 6. The van der Waals surface area contributed by atoms with E-state index in [0.717, 1.165) is 0 Å². The van der Waals surface area contributed by atoms with E-state index in [1.165, 1.54) is 27.1 Å². The lowest BCUT2D eigenvalue weighted by atomic mass is 10.1. The van der Waals surface area contributed by atoms with Crippen LogP contribution in [0, 0.1) is 5.92 Å². The second-order valence-corrected chi connectivity index (χ2v) is 6.84. The summed E-state index contributed by atoms with van der Waals surface area (Å²) in [6.07, 6.45) is 1.96. The van der Waals surface area contributed by atoms with Crippen LogP contribution >= 0.6 is 11.3 Å². The Hall–Kier alpha value is -2.26. The normalized spacial score (nSPS) is 12.2. The molecule has 0 fully saturated rings. The standard InChI is InChI=1S/C17H23N3O5S/c1-3-25-7-4-6-19(9-12(2)17(23)24)14(21)10-20-11-18-15-13(16(20)22)5-8-26-15/h5,8,11-12H,3-4,6-7,9-10H2,1-2H3,(H,23,24). The van der Waals surface area contributed by atoms with Crippen molar-refractivity contribution < 1.29 is 19.4 Å². The van der Waals surface area contributed by atoms with Crippen LogP contribution in [0.5, 0.6) is 0 Å². The van der Waals surface area contributed by atoms with Gasteiger partial charge >= 0.3 is 5.97 Å². The van der Waals surface area contributed by atoms with Crippen molar-refractivity contribution in [3.8, 4) is 0 Å². The van der Waals surface area contributed by atoms with Crippen LogP contribution in [0.2, 0.25) is 0 Å². The third-order valence-electron chi connectivity index (χ3n) is 3.95. The fraction of sp³-hybridized carbons (Fsp3) is 0.529. The molecule has 0 aliphatic rings.